The second-order valence-corrected chi connectivity index (χ2v) is 10.3. The Kier molecular flexibility index (Phi) is 21.3. The second kappa shape index (κ2) is 23.3. The molecule has 0 aromatic carbocycles. The van der Waals surface area contributed by atoms with Crippen LogP contribution in [0.1, 0.15) is 142 Å². The number of esters is 2. The van der Waals surface area contributed by atoms with Crippen LogP contribution in [0.25, 0.3) is 0 Å². The van der Waals surface area contributed by atoms with Crippen LogP contribution in [-0.4, -0.2) is 38.4 Å². The number of ether oxygens (including phenoxy) is 3. The molecule has 1 fully saturated rings. The molecule has 206 valence electrons. The maximum Gasteiger partial charge on any atom is 0.309 e. The van der Waals surface area contributed by atoms with Crippen LogP contribution in [0.4, 0.5) is 0 Å². The molecule has 0 aromatic rings. The van der Waals surface area contributed by atoms with Crippen LogP contribution in [0.2, 0.25) is 0 Å². The molecule has 0 aliphatic heterocycles. The van der Waals surface area contributed by atoms with Gasteiger partial charge in [0.15, 0.2) is 0 Å². The molecular formula is C30H56O5. The summed E-state index contributed by atoms with van der Waals surface area (Å²) < 4.78 is 16.1. The highest BCUT2D eigenvalue weighted by Gasteiger charge is 2.37. The molecule has 0 bridgehead atoms. The lowest BCUT2D eigenvalue weighted by Crippen LogP contribution is -2.35. The smallest absolute Gasteiger partial charge is 0.309 e. The van der Waals surface area contributed by atoms with E-state index >= 15 is 0 Å². The first-order chi connectivity index (χ1) is 17.2. The Bertz CT molecular complexity index is 507. The van der Waals surface area contributed by atoms with Gasteiger partial charge in [-0.1, -0.05) is 116 Å². The highest BCUT2D eigenvalue weighted by molar-refractivity contribution is 5.82. The van der Waals surface area contributed by atoms with Gasteiger partial charge in [-0.05, 0) is 26.2 Å². The van der Waals surface area contributed by atoms with E-state index in [0.29, 0.717) is 26.2 Å². The molecule has 0 saturated heterocycles. The van der Waals surface area contributed by atoms with Gasteiger partial charge in [0.2, 0.25) is 0 Å². The Morgan fingerprint density at radius 3 is 1.37 bits per heavy atom. The van der Waals surface area contributed by atoms with E-state index in [1.165, 1.54) is 89.9 Å². The van der Waals surface area contributed by atoms with Crippen molar-refractivity contribution in [3.8, 4) is 0 Å². The first kappa shape index (κ1) is 31.9. The van der Waals surface area contributed by atoms with E-state index in [1.807, 2.05) is 6.92 Å². The lowest BCUT2D eigenvalue weighted by molar-refractivity contribution is -0.163. The van der Waals surface area contributed by atoms with Gasteiger partial charge in [0.05, 0.1) is 25.0 Å². The molecule has 35 heavy (non-hydrogen) atoms. The SMILES string of the molecule is CCCCCCCCCCCCCCCCCCOC(=O)C1CCCCC1C(=O)OCCOCC. The van der Waals surface area contributed by atoms with Crippen molar-refractivity contribution < 1.29 is 23.8 Å². The van der Waals surface area contributed by atoms with E-state index in [0.717, 1.165) is 32.1 Å². The minimum atomic E-state index is -0.358. The van der Waals surface area contributed by atoms with Gasteiger partial charge < -0.3 is 14.2 Å². The van der Waals surface area contributed by atoms with Crippen molar-refractivity contribution in [1.29, 1.82) is 0 Å². The van der Waals surface area contributed by atoms with E-state index in [2.05, 4.69) is 6.92 Å². The Morgan fingerprint density at radius 2 is 0.943 bits per heavy atom. The normalized spacial score (nSPS) is 17.9. The van der Waals surface area contributed by atoms with Crippen LogP contribution in [-0.2, 0) is 23.8 Å². The number of carbonyl (C=O) groups excluding carboxylic acids is 2. The minimum absolute atomic E-state index is 0.211. The predicted molar refractivity (Wildman–Crippen MR) is 143 cm³/mol. The summed E-state index contributed by atoms with van der Waals surface area (Å²) in [5.74, 6) is -1.18. The fourth-order valence-corrected chi connectivity index (χ4v) is 5.08. The summed E-state index contributed by atoms with van der Waals surface area (Å²) in [6, 6.07) is 0. The number of hydrogen-bond donors (Lipinski definition) is 0. The van der Waals surface area contributed by atoms with Gasteiger partial charge in [-0.25, -0.2) is 0 Å². The molecule has 0 amide bonds. The van der Waals surface area contributed by atoms with Crippen molar-refractivity contribution in [1.82, 2.24) is 0 Å². The van der Waals surface area contributed by atoms with E-state index in [1.54, 1.807) is 0 Å². The van der Waals surface area contributed by atoms with Gasteiger partial charge in [-0.15, -0.1) is 0 Å². The standard InChI is InChI=1S/C30H56O5/c1-3-5-6-7-8-9-10-11-12-13-14-15-16-17-18-21-24-34-29(31)27-22-19-20-23-28(27)30(32)35-26-25-33-4-2/h27-28H,3-26H2,1-2H3. The summed E-state index contributed by atoms with van der Waals surface area (Å²) >= 11 is 0. The quantitative estimate of drug-likeness (QED) is 0.105. The summed E-state index contributed by atoms with van der Waals surface area (Å²) in [7, 11) is 0. The van der Waals surface area contributed by atoms with Crippen molar-refractivity contribution in [2.45, 2.75) is 142 Å². The maximum absolute atomic E-state index is 12.6. The van der Waals surface area contributed by atoms with E-state index in [4.69, 9.17) is 14.2 Å². The highest BCUT2D eigenvalue weighted by atomic mass is 16.6. The Balaban J connectivity index is 1.97. The van der Waals surface area contributed by atoms with Crippen LogP contribution in [0.5, 0.6) is 0 Å². The van der Waals surface area contributed by atoms with Crippen LogP contribution < -0.4 is 0 Å². The van der Waals surface area contributed by atoms with Crippen molar-refractivity contribution in [3.63, 3.8) is 0 Å². The molecule has 0 spiro atoms. The van der Waals surface area contributed by atoms with Gasteiger partial charge in [0, 0.05) is 6.61 Å². The van der Waals surface area contributed by atoms with Gasteiger partial charge in [-0.2, -0.15) is 0 Å². The van der Waals surface area contributed by atoms with Crippen LogP contribution in [0.15, 0.2) is 0 Å². The molecule has 2 atom stereocenters. The maximum atomic E-state index is 12.6. The third kappa shape index (κ3) is 17.1. The van der Waals surface area contributed by atoms with Crippen LogP contribution >= 0.6 is 0 Å². The lowest BCUT2D eigenvalue weighted by Gasteiger charge is -2.28. The molecule has 1 aliphatic carbocycles. The predicted octanol–water partition coefficient (Wildman–Crippen LogP) is 8.18. The molecule has 5 nitrogen and oxygen atoms in total. The topological polar surface area (TPSA) is 61.8 Å². The number of hydrogen-bond acceptors (Lipinski definition) is 5. The summed E-state index contributed by atoms with van der Waals surface area (Å²) in [4.78, 5) is 25.0. The number of rotatable bonds is 23. The van der Waals surface area contributed by atoms with Gasteiger partial charge >= 0.3 is 11.9 Å². The zero-order chi connectivity index (χ0) is 25.4. The van der Waals surface area contributed by atoms with Gasteiger partial charge in [0.25, 0.3) is 0 Å². The van der Waals surface area contributed by atoms with Gasteiger partial charge in [-0.3, -0.25) is 9.59 Å². The average Bonchev–Trinajstić information content (AvgIpc) is 2.88. The molecule has 1 saturated carbocycles. The number of unbranched alkanes of at least 4 members (excludes halogenated alkanes) is 15. The van der Waals surface area contributed by atoms with E-state index in [9.17, 15) is 9.59 Å². The fourth-order valence-electron chi connectivity index (χ4n) is 5.08. The monoisotopic (exact) mass is 496 g/mol. The summed E-state index contributed by atoms with van der Waals surface area (Å²) in [5.41, 5.74) is 0. The molecule has 0 N–H and O–H groups in total. The molecule has 2 unspecified atom stereocenters. The van der Waals surface area contributed by atoms with Crippen molar-refractivity contribution >= 4 is 11.9 Å². The molecule has 0 heterocycles. The zero-order valence-corrected chi connectivity index (χ0v) is 23.2. The summed E-state index contributed by atoms with van der Waals surface area (Å²) in [6.07, 6.45) is 24.6. The largest absolute Gasteiger partial charge is 0.465 e. The van der Waals surface area contributed by atoms with E-state index in [-0.39, 0.29) is 30.4 Å². The first-order valence-corrected chi connectivity index (χ1v) is 15.1. The molecule has 0 radical (unpaired) electrons. The Hall–Kier alpha value is -1.10. The minimum Gasteiger partial charge on any atom is -0.465 e. The average molecular weight is 497 g/mol. The van der Waals surface area contributed by atoms with Crippen LogP contribution in [0, 0.1) is 11.8 Å². The van der Waals surface area contributed by atoms with Crippen molar-refractivity contribution in [3.05, 3.63) is 0 Å². The Morgan fingerprint density at radius 1 is 0.543 bits per heavy atom. The third-order valence-corrected chi connectivity index (χ3v) is 7.29. The second-order valence-electron chi connectivity index (χ2n) is 10.3. The Labute approximate surface area is 216 Å². The van der Waals surface area contributed by atoms with Crippen molar-refractivity contribution in [2.24, 2.45) is 11.8 Å². The number of carbonyl (C=O) groups is 2. The van der Waals surface area contributed by atoms with Gasteiger partial charge in [0.1, 0.15) is 6.61 Å². The molecule has 1 aliphatic rings. The third-order valence-electron chi connectivity index (χ3n) is 7.29. The van der Waals surface area contributed by atoms with Crippen molar-refractivity contribution in [2.75, 3.05) is 26.4 Å². The fraction of sp³-hybridized carbons (Fsp3) is 0.933. The zero-order valence-electron chi connectivity index (χ0n) is 23.2. The molecule has 5 heteroatoms. The summed E-state index contributed by atoms with van der Waals surface area (Å²) in [6.45, 7) is 5.93. The first-order valence-electron chi connectivity index (χ1n) is 15.1. The lowest BCUT2D eigenvalue weighted by atomic mass is 9.79. The molecule has 0 aromatic heterocycles. The highest BCUT2D eigenvalue weighted by Crippen LogP contribution is 2.32. The van der Waals surface area contributed by atoms with E-state index < -0.39 is 0 Å². The molecule has 1 rings (SSSR count). The van der Waals surface area contributed by atoms with Crippen LogP contribution in [0.3, 0.4) is 0 Å². The summed E-state index contributed by atoms with van der Waals surface area (Å²) in [5, 5.41) is 0. The molecular weight excluding hydrogens is 440 g/mol.